The van der Waals surface area contributed by atoms with Crippen LogP contribution in [-0.2, 0) is 6.42 Å². The Morgan fingerprint density at radius 1 is 1.42 bits per heavy atom. The Bertz CT molecular complexity index is 269. The van der Waals surface area contributed by atoms with Crippen molar-refractivity contribution in [2.24, 2.45) is 0 Å². The van der Waals surface area contributed by atoms with Gasteiger partial charge in [0.05, 0.1) is 0 Å². The lowest BCUT2D eigenvalue weighted by Gasteiger charge is -2.06. The van der Waals surface area contributed by atoms with Gasteiger partial charge in [-0.05, 0) is 18.4 Å². The summed E-state index contributed by atoms with van der Waals surface area (Å²) in [7, 11) is 0. The highest BCUT2D eigenvalue weighted by atomic mass is 19.1. The van der Waals surface area contributed by atoms with Crippen LogP contribution in [0.4, 0.5) is 4.39 Å². The minimum Gasteiger partial charge on any atom is -0.225 e. The molecule has 0 bridgehead atoms. The second-order valence-corrected chi connectivity index (χ2v) is 3.19. The van der Waals surface area contributed by atoms with Crippen molar-refractivity contribution in [3.8, 4) is 0 Å². The fraction of sp³-hybridized carbons (Fsp3) is 0.500. The Balaban J connectivity index is 3.03. The van der Waals surface area contributed by atoms with Gasteiger partial charge in [0, 0.05) is 11.3 Å². The second-order valence-electron chi connectivity index (χ2n) is 3.19. The third-order valence-corrected chi connectivity index (χ3v) is 1.92. The molecule has 0 fully saturated rings. The number of aromatic nitrogens is 1. The molecular weight excluding hydrogens is 153 g/mol. The van der Waals surface area contributed by atoms with Crippen molar-refractivity contribution in [2.75, 3.05) is 0 Å². The molecule has 66 valence electrons. The summed E-state index contributed by atoms with van der Waals surface area (Å²) in [6.07, 6.45) is 0.787. The van der Waals surface area contributed by atoms with E-state index in [2.05, 4.69) is 4.98 Å². The molecule has 2 heteroatoms. The van der Waals surface area contributed by atoms with E-state index in [1.54, 1.807) is 0 Å². The molecule has 0 N–H and O–H groups in total. The minimum absolute atomic E-state index is 0.211. The van der Waals surface area contributed by atoms with E-state index in [1.807, 2.05) is 32.9 Å². The van der Waals surface area contributed by atoms with E-state index in [4.69, 9.17) is 0 Å². The first-order valence-electron chi connectivity index (χ1n) is 4.30. The van der Waals surface area contributed by atoms with Gasteiger partial charge in [-0.15, -0.1) is 0 Å². The first kappa shape index (κ1) is 9.17. The SMILES string of the molecule is CCc1ccc(C(C)C)c(F)n1. The fourth-order valence-corrected chi connectivity index (χ4v) is 1.11. The van der Waals surface area contributed by atoms with Gasteiger partial charge in [0.15, 0.2) is 0 Å². The highest BCUT2D eigenvalue weighted by Crippen LogP contribution is 2.16. The second kappa shape index (κ2) is 3.65. The van der Waals surface area contributed by atoms with Gasteiger partial charge in [-0.3, -0.25) is 0 Å². The monoisotopic (exact) mass is 167 g/mol. The van der Waals surface area contributed by atoms with Crippen LogP contribution < -0.4 is 0 Å². The molecule has 0 saturated carbocycles. The molecule has 0 atom stereocenters. The molecule has 1 aromatic heterocycles. The lowest BCUT2D eigenvalue weighted by Crippen LogP contribution is -1.98. The van der Waals surface area contributed by atoms with Crippen molar-refractivity contribution in [1.82, 2.24) is 4.98 Å². The predicted molar refractivity (Wildman–Crippen MR) is 47.7 cm³/mol. The first-order chi connectivity index (χ1) is 5.65. The highest BCUT2D eigenvalue weighted by Gasteiger charge is 2.07. The number of hydrogen-bond donors (Lipinski definition) is 0. The largest absolute Gasteiger partial charge is 0.225 e. The van der Waals surface area contributed by atoms with E-state index in [1.165, 1.54) is 0 Å². The highest BCUT2D eigenvalue weighted by molar-refractivity contribution is 5.18. The average molecular weight is 167 g/mol. The van der Waals surface area contributed by atoms with Crippen molar-refractivity contribution in [2.45, 2.75) is 33.1 Å². The molecule has 0 aliphatic carbocycles. The van der Waals surface area contributed by atoms with Gasteiger partial charge in [0.1, 0.15) is 0 Å². The zero-order chi connectivity index (χ0) is 9.14. The number of pyridine rings is 1. The molecule has 1 nitrogen and oxygen atoms in total. The number of rotatable bonds is 2. The Hall–Kier alpha value is -0.920. The van der Waals surface area contributed by atoms with Crippen molar-refractivity contribution in [1.29, 1.82) is 0 Å². The first-order valence-corrected chi connectivity index (χ1v) is 4.30. The molecule has 12 heavy (non-hydrogen) atoms. The van der Waals surface area contributed by atoms with E-state index in [0.29, 0.717) is 5.56 Å². The maximum absolute atomic E-state index is 13.2. The summed E-state index contributed by atoms with van der Waals surface area (Å²) in [5.74, 6) is -0.104. The molecule has 0 radical (unpaired) electrons. The molecule has 1 heterocycles. The summed E-state index contributed by atoms with van der Waals surface area (Å²) in [4.78, 5) is 3.85. The Morgan fingerprint density at radius 2 is 2.08 bits per heavy atom. The van der Waals surface area contributed by atoms with Crippen LogP contribution >= 0.6 is 0 Å². The predicted octanol–water partition coefficient (Wildman–Crippen LogP) is 2.91. The molecule has 0 aromatic carbocycles. The summed E-state index contributed by atoms with van der Waals surface area (Å²) in [6, 6.07) is 3.71. The van der Waals surface area contributed by atoms with E-state index in [0.717, 1.165) is 12.1 Å². The van der Waals surface area contributed by atoms with Crippen LogP contribution in [0.15, 0.2) is 12.1 Å². The van der Waals surface area contributed by atoms with E-state index >= 15 is 0 Å². The number of nitrogens with zero attached hydrogens (tertiary/aromatic N) is 1. The van der Waals surface area contributed by atoms with Crippen LogP contribution in [0.5, 0.6) is 0 Å². The lowest BCUT2D eigenvalue weighted by molar-refractivity contribution is 0.551. The van der Waals surface area contributed by atoms with Crippen LogP contribution in [0, 0.1) is 5.95 Å². The smallest absolute Gasteiger partial charge is 0.216 e. The van der Waals surface area contributed by atoms with E-state index in [-0.39, 0.29) is 11.9 Å². The van der Waals surface area contributed by atoms with Crippen LogP contribution in [0.1, 0.15) is 37.9 Å². The molecule has 0 unspecified atom stereocenters. The molecule has 1 rings (SSSR count). The molecule has 0 amide bonds. The van der Waals surface area contributed by atoms with Crippen LogP contribution in [-0.4, -0.2) is 4.98 Å². The number of aryl methyl sites for hydroxylation is 1. The maximum Gasteiger partial charge on any atom is 0.216 e. The lowest BCUT2D eigenvalue weighted by atomic mass is 10.1. The molecule has 0 aliphatic heterocycles. The van der Waals surface area contributed by atoms with Crippen molar-refractivity contribution in [3.05, 3.63) is 29.3 Å². The summed E-state index contributed by atoms with van der Waals surface area (Å²) in [5, 5.41) is 0. The van der Waals surface area contributed by atoms with Gasteiger partial charge in [-0.1, -0.05) is 26.8 Å². The third-order valence-electron chi connectivity index (χ3n) is 1.92. The zero-order valence-electron chi connectivity index (χ0n) is 7.76. The minimum atomic E-state index is -0.315. The van der Waals surface area contributed by atoms with Gasteiger partial charge in [-0.2, -0.15) is 4.39 Å². The average Bonchev–Trinajstić information content (AvgIpc) is 2.03. The molecular formula is C10H14FN. The normalized spacial score (nSPS) is 10.8. The number of hydrogen-bond acceptors (Lipinski definition) is 1. The Labute approximate surface area is 72.6 Å². The van der Waals surface area contributed by atoms with Crippen LogP contribution in [0.25, 0.3) is 0 Å². The van der Waals surface area contributed by atoms with Crippen molar-refractivity contribution >= 4 is 0 Å². The van der Waals surface area contributed by atoms with Gasteiger partial charge in [0.25, 0.3) is 0 Å². The van der Waals surface area contributed by atoms with E-state index in [9.17, 15) is 4.39 Å². The summed E-state index contributed by atoms with van der Waals surface area (Å²) < 4.78 is 13.2. The third kappa shape index (κ3) is 1.81. The van der Waals surface area contributed by atoms with Gasteiger partial charge >= 0.3 is 0 Å². The van der Waals surface area contributed by atoms with Gasteiger partial charge < -0.3 is 0 Å². The van der Waals surface area contributed by atoms with Crippen molar-refractivity contribution < 1.29 is 4.39 Å². The fourth-order valence-electron chi connectivity index (χ4n) is 1.11. The van der Waals surface area contributed by atoms with Crippen molar-refractivity contribution in [3.63, 3.8) is 0 Å². The molecule has 0 spiro atoms. The van der Waals surface area contributed by atoms with Crippen LogP contribution in [0.2, 0.25) is 0 Å². The molecule has 0 saturated heterocycles. The zero-order valence-corrected chi connectivity index (χ0v) is 7.76. The summed E-state index contributed by atoms with van der Waals surface area (Å²) in [5.41, 5.74) is 1.52. The van der Waals surface area contributed by atoms with Gasteiger partial charge in [-0.25, -0.2) is 4.98 Å². The maximum atomic E-state index is 13.2. The standard InChI is InChI=1S/C10H14FN/c1-4-8-5-6-9(7(2)3)10(11)12-8/h5-7H,4H2,1-3H3. The summed E-state index contributed by atoms with van der Waals surface area (Å²) in [6.45, 7) is 5.90. The molecule has 1 aromatic rings. The van der Waals surface area contributed by atoms with E-state index < -0.39 is 0 Å². The topological polar surface area (TPSA) is 12.9 Å². The Kier molecular flexibility index (Phi) is 2.79. The number of halogens is 1. The summed E-state index contributed by atoms with van der Waals surface area (Å²) >= 11 is 0. The van der Waals surface area contributed by atoms with Crippen LogP contribution in [0.3, 0.4) is 0 Å². The Morgan fingerprint density at radius 3 is 2.50 bits per heavy atom. The quantitative estimate of drug-likeness (QED) is 0.617. The molecule has 0 aliphatic rings. The van der Waals surface area contributed by atoms with Gasteiger partial charge in [0.2, 0.25) is 5.95 Å².